The van der Waals surface area contributed by atoms with Gasteiger partial charge in [0.2, 0.25) is 5.91 Å². The van der Waals surface area contributed by atoms with Crippen molar-refractivity contribution in [1.82, 2.24) is 9.80 Å². The third-order valence-corrected chi connectivity index (χ3v) is 5.48. The van der Waals surface area contributed by atoms with Gasteiger partial charge in [-0.15, -0.1) is 0 Å². The monoisotopic (exact) mass is 411 g/mol. The molecule has 1 atom stereocenters. The lowest BCUT2D eigenvalue weighted by Gasteiger charge is -2.41. The molecule has 2 aromatic carbocycles. The Hall–Kier alpha value is -2.41. The number of nitrogens with one attached hydrogen (secondary N) is 1. The largest absolute Gasteiger partial charge is 0.494 e. The van der Waals surface area contributed by atoms with Crippen LogP contribution in [0.3, 0.4) is 0 Å². The first-order chi connectivity index (χ1) is 14.6. The van der Waals surface area contributed by atoms with Gasteiger partial charge in [0.15, 0.2) is 0 Å². The Morgan fingerprint density at radius 1 is 1.13 bits per heavy atom. The molecule has 2 N–H and O–H groups in total. The fraction of sp³-hybridized carbons (Fsp3) is 0.458. The van der Waals surface area contributed by atoms with Crippen molar-refractivity contribution in [3.8, 4) is 5.75 Å². The van der Waals surface area contributed by atoms with E-state index in [1.54, 1.807) is 0 Å². The highest BCUT2D eigenvalue weighted by Crippen LogP contribution is 2.24. The third kappa shape index (κ3) is 6.29. The van der Waals surface area contributed by atoms with Crippen molar-refractivity contribution in [3.63, 3.8) is 0 Å². The SMILES string of the molecule is CCOc1ccccc1CN1CCN(Cc2ccc(NC(C)=O)cc2)CC1CCO. The van der Waals surface area contributed by atoms with Gasteiger partial charge < -0.3 is 15.2 Å². The predicted octanol–water partition coefficient (Wildman–Crippen LogP) is 3.11. The minimum Gasteiger partial charge on any atom is -0.494 e. The summed E-state index contributed by atoms with van der Waals surface area (Å²) in [4.78, 5) is 16.1. The Kier molecular flexibility index (Phi) is 8.25. The molecule has 1 aliphatic rings. The standard InChI is InChI=1S/C24H33N3O3/c1-3-30-24-7-5-4-6-21(24)17-27-14-13-26(18-23(27)12-15-28)16-20-8-10-22(11-9-20)25-19(2)29/h4-11,23,28H,3,12-18H2,1-2H3,(H,25,29). The molecule has 1 aliphatic heterocycles. The van der Waals surface area contributed by atoms with Gasteiger partial charge in [-0.25, -0.2) is 0 Å². The highest BCUT2D eigenvalue weighted by Gasteiger charge is 2.27. The number of rotatable bonds is 9. The van der Waals surface area contributed by atoms with Gasteiger partial charge in [-0.05, 0) is 37.1 Å². The van der Waals surface area contributed by atoms with Gasteiger partial charge in [0.05, 0.1) is 6.61 Å². The van der Waals surface area contributed by atoms with Gasteiger partial charge in [0.25, 0.3) is 0 Å². The molecule has 3 rings (SSSR count). The maximum atomic E-state index is 11.2. The van der Waals surface area contributed by atoms with Crippen LogP contribution in [0.5, 0.6) is 5.75 Å². The molecule has 30 heavy (non-hydrogen) atoms. The molecule has 0 aliphatic carbocycles. The van der Waals surface area contributed by atoms with Crippen molar-refractivity contribution >= 4 is 11.6 Å². The Labute approximate surface area is 179 Å². The lowest BCUT2D eigenvalue weighted by atomic mass is 10.1. The van der Waals surface area contributed by atoms with E-state index in [2.05, 4.69) is 39.4 Å². The molecule has 1 fully saturated rings. The molecule has 1 unspecified atom stereocenters. The molecule has 1 heterocycles. The van der Waals surface area contributed by atoms with E-state index in [0.29, 0.717) is 12.6 Å². The summed E-state index contributed by atoms with van der Waals surface area (Å²) in [5.74, 6) is 0.890. The normalized spacial score (nSPS) is 17.6. The number of carbonyl (C=O) groups excluding carboxylic acids is 1. The Morgan fingerprint density at radius 3 is 2.60 bits per heavy atom. The van der Waals surface area contributed by atoms with Crippen LogP contribution in [0.4, 0.5) is 5.69 Å². The van der Waals surface area contributed by atoms with E-state index >= 15 is 0 Å². The van der Waals surface area contributed by atoms with Gasteiger partial charge in [0, 0.05) is 63.5 Å². The number of carbonyl (C=O) groups is 1. The molecule has 1 saturated heterocycles. The summed E-state index contributed by atoms with van der Waals surface area (Å²) in [5.41, 5.74) is 3.24. The topological polar surface area (TPSA) is 65.0 Å². The van der Waals surface area contributed by atoms with Crippen LogP contribution in [-0.2, 0) is 17.9 Å². The molecule has 1 amide bonds. The second-order valence-electron chi connectivity index (χ2n) is 7.79. The van der Waals surface area contributed by atoms with E-state index in [-0.39, 0.29) is 12.5 Å². The number of aliphatic hydroxyl groups is 1. The van der Waals surface area contributed by atoms with Crippen molar-refractivity contribution in [2.24, 2.45) is 0 Å². The van der Waals surface area contributed by atoms with Crippen molar-refractivity contribution in [1.29, 1.82) is 0 Å². The summed E-state index contributed by atoms with van der Waals surface area (Å²) in [5, 5.41) is 12.4. The molecule has 0 spiro atoms. The molecule has 2 aromatic rings. The summed E-state index contributed by atoms with van der Waals surface area (Å²) in [6, 6.07) is 16.6. The smallest absolute Gasteiger partial charge is 0.221 e. The zero-order valence-corrected chi connectivity index (χ0v) is 18.0. The molecular formula is C24H33N3O3. The molecule has 6 heteroatoms. The van der Waals surface area contributed by atoms with E-state index < -0.39 is 0 Å². The summed E-state index contributed by atoms with van der Waals surface area (Å²) in [6.45, 7) is 8.92. The second-order valence-corrected chi connectivity index (χ2v) is 7.79. The average molecular weight is 412 g/mol. The van der Waals surface area contributed by atoms with Crippen LogP contribution in [0.2, 0.25) is 0 Å². The third-order valence-electron chi connectivity index (χ3n) is 5.48. The average Bonchev–Trinajstić information content (AvgIpc) is 2.73. The maximum absolute atomic E-state index is 11.2. The highest BCUT2D eigenvalue weighted by atomic mass is 16.5. The van der Waals surface area contributed by atoms with E-state index in [0.717, 1.165) is 50.6 Å². The zero-order chi connectivity index (χ0) is 21.3. The molecule has 0 radical (unpaired) electrons. The van der Waals surface area contributed by atoms with Crippen molar-refractivity contribution in [2.75, 3.05) is 38.2 Å². The molecule has 0 bridgehead atoms. The Morgan fingerprint density at radius 2 is 1.90 bits per heavy atom. The molecule has 162 valence electrons. The van der Waals surface area contributed by atoms with E-state index in [9.17, 15) is 9.90 Å². The Bertz CT molecular complexity index is 810. The van der Waals surface area contributed by atoms with Crippen molar-refractivity contribution in [3.05, 3.63) is 59.7 Å². The van der Waals surface area contributed by atoms with Crippen LogP contribution >= 0.6 is 0 Å². The fourth-order valence-corrected chi connectivity index (χ4v) is 4.04. The summed E-state index contributed by atoms with van der Waals surface area (Å²) in [6.07, 6.45) is 0.759. The van der Waals surface area contributed by atoms with Crippen LogP contribution in [0, 0.1) is 0 Å². The predicted molar refractivity (Wildman–Crippen MR) is 120 cm³/mol. The van der Waals surface area contributed by atoms with Crippen LogP contribution < -0.4 is 10.1 Å². The second kappa shape index (κ2) is 11.1. The molecule has 6 nitrogen and oxygen atoms in total. The first-order valence-corrected chi connectivity index (χ1v) is 10.7. The van der Waals surface area contributed by atoms with Crippen LogP contribution in [-0.4, -0.2) is 59.7 Å². The molecule has 0 aromatic heterocycles. The number of piperazine rings is 1. The van der Waals surface area contributed by atoms with E-state index in [4.69, 9.17) is 4.74 Å². The lowest BCUT2D eigenvalue weighted by molar-refractivity contribution is -0.114. The van der Waals surface area contributed by atoms with Crippen LogP contribution in [0.1, 0.15) is 31.4 Å². The van der Waals surface area contributed by atoms with Crippen molar-refractivity contribution in [2.45, 2.75) is 39.4 Å². The first kappa shape index (κ1) is 22.3. The van der Waals surface area contributed by atoms with Gasteiger partial charge in [-0.3, -0.25) is 14.6 Å². The minimum atomic E-state index is -0.0587. The molecule has 0 saturated carbocycles. The lowest BCUT2D eigenvalue weighted by Crippen LogP contribution is -2.52. The number of ether oxygens (including phenoxy) is 1. The summed E-state index contributed by atoms with van der Waals surface area (Å²) in [7, 11) is 0. The number of hydrogen-bond acceptors (Lipinski definition) is 5. The number of anilines is 1. The van der Waals surface area contributed by atoms with Gasteiger partial charge in [0.1, 0.15) is 5.75 Å². The van der Waals surface area contributed by atoms with Crippen LogP contribution in [0.25, 0.3) is 0 Å². The number of aliphatic hydroxyl groups excluding tert-OH is 1. The summed E-state index contributed by atoms with van der Waals surface area (Å²) >= 11 is 0. The number of nitrogens with zero attached hydrogens (tertiary/aromatic N) is 2. The number of hydrogen-bond donors (Lipinski definition) is 2. The quantitative estimate of drug-likeness (QED) is 0.664. The van der Waals surface area contributed by atoms with Crippen molar-refractivity contribution < 1.29 is 14.6 Å². The van der Waals surface area contributed by atoms with Crippen LogP contribution in [0.15, 0.2) is 48.5 Å². The van der Waals surface area contributed by atoms with E-state index in [1.807, 2.05) is 31.2 Å². The summed E-state index contributed by atoms with van der Waals surface area (Å²) < 4.78 is 5.79. The molecular weight excluding hydrogens is 378 g/mol. The van der Waals surface area contributed by atoms with Gasteiger partial charge >= 0.3 is 0 Å². The highest BCUT2D eigenvalue weighted by molar-refractivity contribution is 5.88. The number of amides is 1. The van der Waals surface area contributed by atoms with E-state index in [1.165, 1.54) is 18.1 Å². The minimum absolute atomic E-state index is 0.0587. The number of para-hydroxylation sites is 1. The fourth-order valence-electron chi connectivity index (χ4n) is 4.04. The number of benzene rings is 2. The van der Waals surface area contributed by atoms with Gasteiger partial charge in [-0.2, -0.15) is 0 Å². The maximum Gasteiger partial charge on any atom is 0.221 e. The first-order valence-electron chi connectivity index (χ1n) is 10.7. The zero-order valence-electron chi connectivity index (χ0n) is 18.0. The van der Waals surface area contributed by atoms with Gasteiger partial charge in [-0.1, -0.05) is 30.3 Å². The Balaban J connectivity index is 1.61.